The number of carbonyl (C=O) groups excluding carboxylic acids is 1. The Bertz CT molecular complexity index is 521. The lowest BCUT2D eigenvalue weighted by Gasteiger charge is -2.18. The normalized spacial score (nSPS) is 9.82. The third kappa shape index (κ3) is 4.02. The van der Waals surface area contributed by atoms with Crippen LogP contribution in [0.15, 0.2) is 29.4 Å². The lowest BCUT2D eigenvalue weighted by Crippen LogP contribution is -2.10. The van der Waals surface area contributed by atoms with Crippen LogP contribution < -0.4 is 0 Å². The number of benzene rings is 1. The van der Waals surface area contributed by atoms with Crippen molar-refractivity contribution in [2.24, 2.45) is 5.11 Å². The molecule has 4 nitrogen and oxygen atoms in total. The molecule has 1 amide bonds. The van der Waals surface area contributed by atoms with Gasteiger partial charge in [-0.3, -0.25) is 4.79 Å². The minimum atomic E-state index is -0.771. The van der Waals surface area contributed by atoms with Gasteiger partial charge in [-0.1, -0.05) is 38.8 Å². The molecule has 0 N–H and O–H groups in total. The molecule has 0 spiro atoms. The number of hydrogen-bond acceptors (Lipinski definition) is 1. The van der Waals surface area contributed by atoms with E-state index in [9.17, 15) is 4.79 Å². The van der Waals surface area contributed by atoms with Crippen LogP contribution in [0.4, 0.5) is 0 Å². The van der Waals surface area contributed by atoms with Gasteiger partial charge in [-0.05, 0) is 39.7 Å². The van der Waals surface area contributed by atoms with E-state index in [1.54, 1.807) is 0 Å². The zero-order valence-electron chi connectivity index (χ0n) is 10.1. The zero-order chi connectivity index (χ0) is 12.9. The number of azide groups is 1. The Balaban J connectivity index is 2.89. The van der Waals surface area contributed by atoms with E-state index in [0.29, 0.717) is 0 Å². The van der Waals surface area contributed by atoms with E-state index >= 15 is 0 Å². The second-order valence-corrected chi connectivity index (χ2v) is 4.57. The highest BCUT2D eigenvalue weighted by Crippen LogP contribution is 2.21. The van der Waals surface area contributed by atoms with E-state index in [1.807, 2.05) is 24.3 Å². The molecule has 17 heavy (non-hydrogen) atoms. The Kier molecular flexibility index (Phi) is 3.92. The fourth-order valence-electron chi connectivity index (χ4n) is 1.24. The van der Waals surface area contributed by atoms with Crippen molar-refractivity contribution < 1.29 is 4.79 Å². The van der Waals surface area contributed by atoms with Gasteiger partial charge in [0.2, 0.25) is 0 Å². The van der Waals surface area contributed by atoms with Crippen molar-refractivity contribution in [3.8, 4) is 11.8 Å². The molecule has 0 radical (unpaired) electrons. The largest absolute Gasteiger partial charge is 0.292 e. The molecular formula is C13H13N3O. The number of carbonyl (C=O) groups is 1. The number of nitrogens with zero attached hydrogens (tertiary/aromatic N) is 3. The highest BCUT2D eigenvalue weighted by molar-refractivity contribution is 5.94. The van der Waals surface area contributed by atoms with Gasteiger partial charge in [-0.25, -0.2) is 0 Å². The number of rotatable bonds is 0. The molecule has 1 rings (SSSR count). The highest BCUT2D eigenvalue weighted by Gasteiger charge is 2.12. The summed E-state index contributed by atoms with van der Waals surface area (Å²) < 4.78 is 0. The first-order valence-corrected chi connectivity index (χ1v) is 5.15. The molecule has 0 aliphatic rings. The summed E-state index contributed by atoms with van der Waals surface area (Å²) in [5.41, 5.74) is 10.0. The molecule has 86 valence electrons. The van der Waals surface area contributed by atoms with Gasteiger partial charge < -0.3 is 0 Å². The fourth-order valence-corrected chi connectivity index (χ4v) is 1.24. The summed E-state index contributed by atoms with van der Waals surface area (Å²) in [5, 5.41) is 2.86. The van der Waals surface area contributed by atoms with Crippen molar-refractivity contribution >= 4 is 5.91 Å². The lowest BCUT2D eigenvalue weighted by molar-refractivity contribution is -0.112. The maximum atomic E-state index is 10.8. The second kappa shape index (κ2) is 5.20. The van der Waals surface area contributed by atoms with E-state index in [0.717, 1.165) is 5.56 Å². The van der Waals surface area contributed by atoms with E-state index in [4.69, 9.17) is 5.53 Å². The predicted molar refractivity (Wildman–Crippen MR) is 66.2 cm³/mol. The molecule has 0 aliphatic carbocycles. The van der Waals surface area contributed by atoms with Crippen molar-refractivity contribution in [3.05, 3.63) is 45.8 Å². The molecule has 0 saturated carbocycles. The Morgan fingerprint density at radius 2 is 1.88 bits per heavy atom. The zero-order valence-corrected chi connectivity index (χ0v) is 10.1. The molecule has 0 heterocycles. The quantitative estimate of drug-likeness (QED) is 0.290. The average Bonchev–Trinajstić information content (AvgIpc) is 2.26. The van der Waals surface area contributed by atoms with Gasteiger partial charge in [-0.2, -0.15) is 0 Å². The van der Waals surface area contributed by atoms with Crippen LogP contribution in [0.25, 0.3) is 10.4 Å². The van der Waals surface area contributed by atoms with Gasteiger partial charge in [0, 0.05) is 10.5 Å². The summed E-state index contributed by atoms with van der Waals surface area (Å²) >= 11 is 0. The van der Waals surface area contributed by atoms with E-state index in [1.165, 1.54) is 5.56 Å². The van der Waals surface area contributed by atoms with E-state index in [2.05, 4.69) is 42.6 Å². The van der Waals surface area contributed by atoms with E-state index in [-0.39, 0.29) is 5.41 Å². The van der Waals surface area contributed by atoms with Crippen molar-refractivity contribution in [3.63, 3.8) is 0 Å². The van der Waals surface area contributed by atoms with Crippen LogP contribution in [0.2, 0.25) is 0 Å². The van der Waals surface area contributed by atoms with Crippen molar-refractivity contribution in [2.45, 2.75) is 26.2 Å². The molecule has 1 aromatic carbocycles. The van der Waals surface area contributed by atoms with Crippen molar-refractivity contribution in [1.82, 2.24) is 0 Å². The van der Waals surface area contributed by atoms with Gasteiger partial charge in [0.25, 0.3) is 5.91 Å². The summed E-state index contributed by atoms with van der Waals surface area (Å²) in [5.74, 6) is 4.12. The van der Waals surface area contributed by atoms with Crippen molar-refractivity contribution in [1.29, 1.82) is 0 Å². The van der Waals surface area contributed by atoms with Crippen LogP contribution in [-0.4, -0.2) is 5.91 Å². The maximum Gasteiger partial charge on any atom is 0.292 e. The van der Waals surface area contributed by atoms with Crippen LogP contribution in [0.1, 0.15) is 31.9 Å². The van der Waals surface area contributed by atoms with Crippen LogP contribution in [0.3, 0.4) is 0 Å². The molecule has 0 saturated heterocycles. The summed E-state index contributed by atoms with van der Waals surface area (Å²) in [6, 6.07) is 7.64. The summed E-state index contributed by atoms with van der Waals surface area (Å²) in [6.07, 6.45) is 0. The molecule has 0 atom stereocenters. The predicted octanol–water partition coefficient (Wildman–Crippen LogP) is 3.17. The first kappa shape index (κ1) is 12.8. The van der Waals surface area contributed by atoms with Gasteiger partial charge in [0.1, 0.15) is 0 Å². The SMILES string of the molecule is CC(C)(C)c1ccc(C#CC(=O)N=[N+]=[N-])cc1. The molecule has 0 bridgehead atoms. The van der Waals surface area contributed by atoms with Crippen LogP contribution in [0.5, 0.6) is 0 Å². The van der Waals surface area contributed by atoms with E-state index < -0.39 is 5.91 Å². The monoisotopic (exact) mass is 227 g/mol. The van der Waals surface area contributed by atoms with Crippen molar-refractivity contribution in [2.75, 3.05) is 0 Å². The lowest BCUT2D eigenvalue weighted by atomic mass is 9.87. The number of hydrogen-bond donors (Lipinski definition) is 0. The molecule has 0 aromatic heterocycles. The molecule has 4 heteroatoms. The molecule has 0 aliphatic heterocycles. The smallest absolute Gasteiger partial charge is 0.278 e. The second-order valence-electron chi connectivity index (χ2n) is 4.57. The van der Waals surface area contributed by atoms with Gasteiger partial charge >= 0.3 is 0 Å². The standard InChI is InChI=1S/C13H13N3O/c1-13(2,3)11-7-4-10(5-8-11)6-9-12(17)15-16-14/h4-5,7-8H,1-3H3. The first-order chi connectivity index (χ1) is 7.93. The molecule has 0 unspecified atom stereocenters. The molecular weight excluding hydrogens is 214 g/mol. The summed E-state index contributed by atoms with van der Waals surface area (Å²) in [7, 11) is 0. The van der Waals surface area contributed by atoms with Crippen LogP contribution in [-0.2, 0) is 10.2 Å². The molecule has 0 fully saturated rings. The third-order valence-electron chi connectivity index (χ3n) is 2.20. The third-order valence-corrected chi connectivity index (χ3v) is 2.20. The Hall–Kier alpha value is -2.24. The van der Waals surface area contributed by atoms with Crippen LogP contribution in [0, 0.1) is 11.8 Å². The van der Waals surface area contributed by atoms with Gasteiger partial charge in [0.15, 0.2) is 0 Å². The minimum Gasteiger partial charge on any atom is -0.278 e. The maximum absolute atomic E-state index is 10.8. The first-order valence-electron chi connectivity index (χ1n) is 5.15. The average molecular weight is 227 g/mol. The molecule has 1 aromatic rings. The van der Waals surface area contributed by atoms with Gasteiger partial charge in [0.05, 0.1) is 0 Å². The fraction of sp³-hybridized carbons (Fsp3) is 0.308. The topological polar surface area (TPSA) is 65.8 Å². The minimum absolute atomic E-state index is 0.0902. The summed E-state index contributed by atoms with van der Waals surface area (Å²) in [6.45, 7) is 6.37. The Labute approximate surface area is 100 Å². The number of amides is 1. The Morgan fingerprint density at radius 3 is 2.35 bits per heavy atom. The van der Waals surface area contributed by atoms with Crippen LogP contribution >= 0.6 is 0 Å². The van der Waals surface area contributed by atoms with Gasteiger partial charge in [-0.15, -0.1) is 0 Å². The summed E-state index contributed by atoms with van der Waals surface area (Å²) in [4.78, 5) is 13.2. The Morgan fingerprint density at radius 1 is 1.29 bits per heavy atom. The highest BCUT2D eigenvalue weighted by atomic mass is 16.1.